The lowest BCUT2D eigenvalue weighted by Crippen LogP contribution is -2.34. The smallest absolute Gasteiger partial charge is 0.335 e. The minimum atomic E-state index is -5.68. The topological polar surface area (TPSA) is 72.5 Å². The summed E-state index contributed by atoms with van der Waals surface area (Å²) in [6.45, 7) is 0.920. The van der Waals surface area contributed by atoms with Gasteiger partial charge in [-0.05, 0) is 44.2 Å². The molecule has 0 aliphatic heterocycles. The number of halogens is 2. The Morgan fingerprint density at radius 3 is 3.13 bits per heavy atom. The molecule has 0 saturated carbocycles. The zero-order valence-electron chi connectivity index (χ0n) is 21.7. The monoisotopic (exact) mass is 371 g/mol. The van der Waals surface area contributed by atoms with Crippen molar-refractivity contribution in [1.82, 2.24) is 0 Å². The first kappa shape index (κ1) is 8.48. The first-order chi connectivity index (χ1) is 14.8. The third-order valence-electron chi connectivity index (χ3n) is 2.52. The molecule has 23 heavy (non-hydrogen) atoms. The minimum Gasteiger partial charge on any atom is -0.463 e. The molecule has 1 aromatic rings. The number of ether oxygens (including phenoxy) is 1. The Balaban J connectivity index is 2.90. The third-order valence-corrected chi connectivity index (χ3v) is 4.19. The maximum absolute atomic E-state index is 13.9. The Hall–Kier alpha value is -1.60. The first-order valence-electron chi connectivity index (χ1n) is 11.1. The summed E-state index contributed by atoms with van der Waals surface area (Å²) in [5.41, 5.74) is -2.62. The molecule has 0 amide bonds. The Bertz CT molecular complexity index is 1130. The molecule has 1 aromatic carbocycles. The van der Waals surface area contributed by atoms with Gasteiger partial charge in [-0.2, -0.15) is 0 Å². The van der Waals surface area contributed by atoms with E-state index in [4.69, 9.17) is 25.3 Å². The van der Waals surface area contributed by atoms with Crippen LogP contribution in [0.2, 0.25) is 6.43 Å². The molecule has 1 aliphatic carbocycles. The molecule has 126 valence electrons. The number of carbonyl (C=O) groups is 1. The van der Waals surface area contributed by atoms with Crippen molar-refractivity contribution in [3.63, 3.8) is 0 Å². The van der Waals surface area contributed by atoms with Crippen LogP contribution in [0.25, 0.3) is 0 Å². The standard InChI is InChI=1S/C15H17ClFNO4S/c1-2-22-15(19)11-5-3-4-6-14(11)23(20,21)18-13-8-7-10(17)9-12(13)16/h5,7-9,14,18H,2-4,6H2,1H3/t14-/m1/s1/i3D2,4D2,5D,7D,8D,9D,14D/hD. The van der Waals surface area contributed by atoms with Gasteiger partial charge in [0.2, 0.25) is 10.0 Å². The summed E-state index contributed by atoms with van der Waals surface area (Å²) in [6, 6.07) is -5.26. The summed E-state index contributed by atoms with van der Waals surface area (Å²) in [5.74, 6) is -3.20. The van der Waals surface area contributed by atoms with Gasteiger partial charge in [-0.1, -0.05) is 17.7 Å². The normalized spacial score (nSPS) is 32.5. The predicted octanol–water partition coefficient (Wildman–Crippen LogP) is 3.26. The quantitative estimate of drug-likeness (QED) is 0.806. The lowest BCUT2D eigenvalue weighted by Gasteiger charge is -2.24. The van der Waals surface area contributed by atoms with E-state index in [2.05, 4.69) is 4.74 Å². The fourth-order valence-electron chi connectivity index (χ4n) is 1.57. The van der Waals surface area contributed by atoms with Gasteiger partial charge < -0.3 is 4.74 Å². The van der Waals surface area contributed by atoms with Crippen LogP contribution in [0, 0.1) is 5.82 Å². The van der Waals surface area contributed by atoms with E-state index in [1.807, 2.05) is 0 Å². The van der Waals surface area contributed by atoms with Crippen molar-refractivity contribution in [1.29, 1.82) is 0 Å². The highest BCUT2D eigenvalue weighted by molar-refractivity contribution is 7.93. The number of anilines is 1. The van der Waals surface area contributed by atoms with Gasteiger partial charge in [-0.3, -0.25) is 4.72 Å². The number of rotatable bonds is 5. The fraction of sp³-hybridized carbons (Fsp3) is 0.400. The van der Waals surface area contributed by atoms with Crippen molar-refractivity contribution in [2.75, 3.05) is 11.3 Å². The van der Waals surface area contributed by atoms with Crippen LogP contribution in [-0.4, -0.2) is 26.2 Å². The van der Waals surface area contributed by atoms with Crippen LogP contribution < -0.4 is 4.72 Å². The molecule has 1 aliphatic rings. The Morgan fingerprint density at radius 2 is 2.43 bits per heavy atom. The average molecular weight is 372 g/mol. The van der Waals surface area contributed by atoms with Gasteiger partial charge in [0.15, 0.2) is 1.41 Å². The van der Waals surface area contributed by atoms with Crippen molar-refractivity contribution in [3.8, 4) is 0 Å². The van der Waals surface area contributed by atoms with Crippen LogP contribution in [-0.2, 0) is 19.6 Å². The SMILES string of the molecule is [2H]C1=C(C(=O)OCC)[C@]([2H])(S(=O)(=O)N([2H])c2c([2H])c([2H])c(F)c([2H])c2Cl)CC([2H])([2H])C1([2H])[2H]. The molecule has 1 N–H and O–H groups in total. The Labute approximate surface area is 153 Å². The van der Waals surface area contributed by atoms with E-state index < -0.39 is 91.4 Å². The molecule has 0 spiro atoms. The number of nitrogens with one attached hydrogen (secondary N) is 1. The van der Waals surface area contributed by atoms with Gasteiger partial charge in [0.05, 0.1) is 29.7 Å². The van der Waals surface area contributed by atoms with Gasteiger partial charge >= 0.3 is 5.97 Å². The number of benzene rings is 1. The predicted molar refractivity (Wildman–Crippen MR) is 86.3 cm³/mol. The highest BCUT2D eigenvalue weighted by Crippen LogP contribution is 2.30. The molecule has 0 unspecified atom stereocenters. The van der Waals surface area contributed by atoms with E-state index in [1.54, 1.807) is 0 Å². The molecule has 0 radical (unpaired) electrons. The van der Waals surface area contributed by atoms with Crippen LogP contribution in [0.1, 0.15) is 38.4 Å². The molecule has 8 heteroatoms. The second-order valence-corrected chi connectivity index (χ2v) is 6.04. The van der Waals surface area contributed by atoms with Crippen LogP contribution in [0.4, 0.5) is 10.1 Å². The summed E-state index contributed by atoms with van der Waals surface area (Å²) in [4.78, 5) is 12.5. The lowest BCUT2D eigenvalue weighted by molar-refractivity contribution is -0.138. The summed E-state index contributed by atoms with van der Waals surface area (Å²) < 4.78 is 123. The maximum atomic E-state index is 13.9. The molecule has 2 rings (SSSR count). The molecule has 0 fully saturated rings. The highest BCUT2D eigenvalue weighted by Gasteiger charge is 2.35. The Kier molecular flexibility index (Phi) is 2.70. The van der Waals surface area contributed by atoms with Crippen molar-refractivity contribution in [2.24, 2.45) is 0 Å². The van der Waals surface area contributed by atoms with Gasteiger partial charge in [-0.15, -0.1) is 0 Å². The van der Waals surface area contributed by atoms with Gasteiger partial charge in [-0.25, -0.2) is 17.6 Å². The van der Waals surface area contributed by atoms with E-state index >= 15 is 0 Å². The van der Waals surface area contributed by atoms with Crippen LogP contribution in [0.5, 0.6) is 0 Å². The van der Waals surface area contributed by atoms with Crippen LogP contribution in [0.15, 0.2) is 29.8 Å². The zero-order valence-corrected chi connectivity index (χ0v) is 13.2. The summed E-state index contributed by atoms with van der Waals surface area (Å²) in [6.07, 6.45) is -8.00. The number of allylic oxidation sites excluding steroid dienone is 1. The Morgan fingerprint density at radius 1 is 1.70 bits per heavy atom. The van der Waals surface area contributed by atoms with Crippen LogP contribution in [0.3, 0.4) is 0 Å². The van der Waals surface area contributed by atoms with E-state index in [1.165, 1.54) is 6.92 Å². The van der Waals surface area contributed by atoms with Gasteiger partial charge in [0.1, 0.15) is 11.0 Å². The van der Waals surface area contributed by atoms with E-state index in [-0.39, 0.29) is 6.61 Å². The fourth-order valence-corrected chi connectivity index (χ4v) is 2.93. The number of hydrogen-bond acceptors (Lipinski definition) is 4. The van der Waals surface area contributed by atoms with E-state index in [0.717, 1.165) is 0 Å². The first-order valence-corrected chi connectivity index (χ1v) is 8.00. The van der Waals surface area contributed by atoms with E-state index in [9.17, 15) is 17.6 Å². The molecule has 0 heterocycles. The molecule has 0 aromatic heterocycles. The summed E-state index contributed by atoms with van der Waals surface area (Å²) in [7, 11) is -5.68. The number of sulfonamides is 1. The number of carbonyl (C=O) groups excluding carboxylic acids is 1. The summed E-state index contributed by atoms with van der Waals surface area (Å²) in [5, 5.41) is -4.61. The molecule has 0 saturated heterocycles. The zero-order chi connectivity index (χ0) is 25.9. The molecular formula is C15H17ClFNO4S. The second-order valence-electron chi connectivity index (χ2n) is 4.04. The average Bonchev–Trinajstić information content (AvgIpc) is 2.69. The third kappa shape index (κ3) is 4.23. The van der Waals surface area contributed by atoms with E-state index in [0.29, 0.717) is 0 Å². The highest BCUT2D eigenvalue weighted by atomic mass is 35.5. The second kappa shape index (κ2) is 7.31. The van der Waals surface area contributed by atoms with Gasteiger partial charge in [0, 0.05) is 5.48 Å². The molecule has 1 atom stereocenters. The van der Waals surface area contributed by atoms with Crippen molar-refractivity contribution in [2.45, 2.75) is 31.3 Å². The van der Waals surface area contributed by atoms with Crippen molar-refractivity contribution >= 4 is 33.3 Å². The molecule has 0 bridgehead atoms. The number of esters is 1. The molecular weight excluding hydrogens is 345 g/mol. The lowest BCUT2D eigenvalue weighted by atomic mass is 9.99. The maximum Gasteiger partial charge on any atom is 0.335 e. The van der Waals surface area contributed by atoms with Crippen LogP contribution >= 0.6 is 11.6 Å². The van der Waals surface area contributed by atoms with Crippen molar-refractivity contribution < 1.29 is 36.1 Å². The van der Waals surface area contributed by atoms with Gasteiger partial charge in [0.25, 0.3) is 0 Å². The largest absolute Gasteiger partial charge is 0.463 e. The minimum absolute atomic E-state index is 0.378. The van der Waals surface area contributed by atoms with Crippen molar-refractivity contribution in [3.05, 3.63) is 40.6 Å². The molecule has 5 nitrogen and oxygen atoms in total. The summed E-state index contributed by atoms with van der Waals surface area (Å²) >= 11 is 5.75. The number of hydrogen-bond donors (Lipinski definition) is 1.